The number of rotatable bonds is 3. The van der Waals surface area contributed by atoms with Gasteiger partial charge in [-0.05, 0) is 25.0 Å². The lowest BCUT2D eigenvalue weighted by molar-refractivity contribution is -0.951. The molecule has 136 valence electrons. The molecule has 5 nitrogen and oxygen atoms in total. The van der Waals surface area contributed by atoms with Gasteiger partial charge in [-0.2, -0.15) is 13.2 Å². The minimum Gasteiger partial charge on any atom is -0.455 e. The van der Waals surface area contributed by atoms with E-state index in [4.69, 9.17) is 4.74 Å². The van der Waals surface area contributed by atoms with E-state index in [1.165, 1.54) is 18.2 Å². The number of piperidine rings is 1. The van der Waals surface area contributed by atoms with Crippen LogP contribution in [0, 0.1) is 0 Å². The molecule has 1 amide bonds. The lowest BCUT2D eigenvalue weighted by Crippen LogP contribution is -3.22. The van der Waals surface area contributed by atoms with Crippen LogP contribution in [0.15, 0.2) is 24.3 Å². The number of morpholine rings is 1. The summed E-state index contributed by atoms with van der Waals surface area (Å²) in [5, 5.41) is 2.30. The molecule has 2 saturated heterocycles. The molecule has 2 heterocycles. The van der Waals surface area contributed by atoms with Crippen LogP contribution in [0.2, 0.25) is 0 Å². The van der Waals surface area contributed by atoms with Crippen LogP contribution in [-0.4, -0.2) is 37.1 Å². The third-order valence-corrected chi connectivity index (χ3v) is 4.85. The number of ether oxygens (including phenoxy) is 1. The number of amides is 1. The fraction of sp³-hybridized carbons (Fsp3) is 0.529. The van der Waals surface area contributed by atoms with Gasteiger partial charge in [-0.25, -0.2) is 4.79 Å². The molecular formula is C17H20F3N2O3+. The highest BCUT2D eigenvalue weighted by Gasteiger charge is 2.44. The predicted octanol–water partition coefficient (Wildman–Crippen LogP) is 1.40. The van der Waals surface area contributed by atoms with Gasteiger partial charge in [0.15, 0.2) is 6.04 Å². The molecular weight excluding hydrogens is 337 g/mol. The smallest absolute Gasteiger partial charge is 0.418 e. The first-order chi connectivity index (χ1) is 11.9. The Morgan fingerprint density at radius 3 is 2.80 bits per heavy atom. The highest BCUT2D eigenvalue weighted by Crippen LogP contribution is 2.34. The number of benzene rings is 1. The Kier molecular flexibility index (Phi) is 4.99. The second-order valence-electron chi connectivity index (χ2n) is 6.50. The average Bonchev–Trinajstić information content (AvgIpc) is 2.57. The third-order valence-electron chi connectivity index (χ3n) is 4.85. The summed E-state index contributed by atoms with van der Waals surface area (Å²) in [6.45, 7) is 1.13. The van der Waals surface area contributed by atoms with Gasteiger partial charge in [0.05, 0.1) is 24.2 Å². The summed E-state index contributed by atoms with van der Waals surface area (Å²) in [7, 11) is 0. The maximum absolute atomic E-state index is 13.0. The van der Waals surface area contributed by atoms with Gasteiger partial charge < -0.3 is 15.0 Å². The first-order valence-electron chi connectivity index (χ1n) is 8.34. The van der Waals surface area contributed by atoms with Crippen molar-refractivity contribution < 1.29 is 32.4 Å². The summed E-state index contributed by atoms with van der Waals surface area (Å²) in [5.41, 5.74) is -1.20. The van der Waals surface area contributed by atoms with Crippen molar-refractivity contribution in [1.82, 2.24) is 0 Å². The lowest BCUT2D eigenvalue weighted by Gasteiger charge is -2.40. The van der Waals surface area contributed by atoms with Crippen LogP contribution in [-0.2, 0) is 20.5 Å². The van der Waals surface area contributed by atoms with Gasteiger partial charge in [0.1, 0.15) is 12.6 Å². The molecule has 2 fully saturated rings. The molecule has 0 radical (unpaired) electrons. The molecule has 3 atom stereocenters. The number of esters is 1. The molecule has 3 rings (SSSR count). The minimum absolute atomic E-state index is 0.173. The van der Waals surface area contributed by atoms with E-state index in [0.29, 0.717) is 6.61 Å². The highest BCUT2D eigenvalue weighted by molar-refractivity contribution is 5.94. The maximum atomic E-state index is 13.0. The van der Waals surface area contributed by atoms with Crippen LogP contribution in [0.25, 0.3) is 0 Å². The number of anilines is 1. The Hall–Kier alpha value is -2.09. The largest absolute Gasteiger partial charge is 0.455 e. The number of carbonyl (C=O) groups is 2. The number of para-hydroxylation sites is 1. The molecule has 1 unspecified atom stereocenters. The summed E-state index contributed by atoms with van der Waals surface area (Å²) in [6, 6.07) is 4.32. The summed E-state index contributed by atoms with van der Waals surface area (Å²) in [5.74, 6) is -1.07. The SMILES string of the molecule is O=C(C[C@@H]1C(=O)OC[C@@H]2CCCC[NH+]21)Nc1ccccc1C(F)(F)F. The van der Waals surface area contributed by atoms with Crippen molar-refractivity contribution in [2.75, 3.05) is 18.5 Å². The average molecular weight is 357 g/mol. The molecule has 1 aromatic rings. The quantitative estimate of drug-likeness (QED) is 0.804. The number of nitrogens with one attached hydrogen (secondary N) is 2. The number of halogens is 3. The van der Waals surface area contributed by atoms with Crippen molar-refractivity contribution in [2.24, 2.45) is 0 Å². The van der Waals surface area contributed by atoms with Crippen LogP contribution in [0.4, 0.5) is 18.9 Å². The van der Waals surface area contributed by atoms with E-state index in [1.54, 1.807) is 0 Å². The van der Waals surface area contributed by atoms with Crippen LogP contribution in [0.5, 0.6) is 0 Å². The Bertz CT molecular complexity index is 663. The second-order valence-corrected chi connectivity index (χ2v) is 6.50. The zero-order valence-electron chi connectivity index (χ0n) is 13.6. The van der Waals surface area contributed by atoms with Gasteiger partial charge in [-0.3, -0.25) is 4.79 Å². The zero-order valence-corrected chi connectivity index (χ0v) is 13.6. The molecule has 1 aromatic carbocycles. The van der Waals surface area contributed by atoms with Crippen molar-refractivity contribution in [1.29, 1.82) is 0 Å². The Morgan fingerprint density at radius 2 is 2.04 bits per heavy atom. The standard InChI is InChI=1S/C17H19F3N2O3/c18-17(19,20)12-6-1-2-7-13(12)21-15(23)9-14-16(24)25-10-11-5-3-4-8-22(11)14/h1-2,6-7,11,14H,3-5,8-10H2,(H,21,23)/p+1/t11-,14+/m0/s1. The number of hydrogen-bond acceptors (Lipinski definition) is 3. The van der Waals surface area contributed by atoms with E-state index in [9.17, 15) is 22.8 Å². The van der Waals surface area contributed by atoms with E-state index < -0.39 is 29.7 Å². The summed E-state index contributed by atoms with van der Waals surface area (Å²) < 4.78 is 44.2. The van der Waals surface area contributed by atoms with Crippen molar-refractivity contribution in [3.05, 3.63) is 29.8 Å². The van der Waals surface area contributed by atoms with Crippen LogP contribution >= 0.6 is 0 Å². The molecule has 8 heteroatoms. The highest BCUT2D eigenvalue weighted by atomic mass is 19.4. The molecule has 2 aliphatic heterocycles. The summed E-state index contributed by atoms with van der Waals surface area (Å²) in [6.07, 6.45) is -1.79. The Balaban J connectivity index is 1.71. The van der Waals surface area contributed by atoms with Gasteiger partial charge in [-0.1, -0.05) is 12.1 Å². The summed E-state index contributed by atoms with van der Waals surface area (Å²) >= 11 is 0. The van der Waals surface area contributed by atoms with E-state index in [1.807, 2.05) is 0 Å². The molecule has 0 spiro atoms. The lowest BCUT2D eigenvalue weighted by atomic mass is 9.97. The van der Waals surface area contributed by atoms with Crippen molar-refractivity contribution in [2.45, 2.75) is 43.9 Å². The minimum atomic E-state index is -4.56. The van der Waals surface area contributed by atoms with E-state index in [0.717, 1.165) is 36.8 Å². The number of carbonyl (C=O) groups excluding carboxylic acids is 2. The van der Waals surface area contributed by atoms with E-state index in [2.05, 4.69) is 5.32 Å². The first kappa shape index (κ1) is 17.7. The number of fused-ring (bicyclic) bond motifs is 1. The van der Waals surface area contributed by atoms with Crippen LogP contribution in [0.3, 0.4) is 0 Å². The van der Waals surface area contributed by atoms with Crippen molar-refractivity contribution in [3.8, 4) is 0 Å². The van der Waals surface area contributed by atoms with Gasteiger partial charge in [0.2, 0.25) is 5.91 Å². The fourth-order valence-electron chi connectivity index (χ4n) is 3.63. The number of alkyl halides is 3. The van der Waals surface area contributed by atoms with Gasteiger partial charge in [0.25, 0.3) is 0 Å². The molecule has 0 aliphatic carbocycles. The number of quaternary nitrogens is 1. The molecule has 0 bridgehead atoms. The van der Waals surface area contributed by atoms with Gasteiger partial charge in [-0.15, -0.1) is 0 Å². The molecule has 2 aliphatic rings. The molecule has 0 aromatic heterocycles. The van der Waals surface area contributed by atoms with Gasteiger partial charge in [0, 0.05) is 6.42 Å². The van der Waals surface area contributed by atoms with Crippen LogP contribution in [0.1, 0.15) is 31.2 Å². The monoisotopic (exact) mass is 357 g/mol. The zero-order chi connectivity index (χ0) is 18.0. The summed E-state index contributed by atoms with van der Waals surface area (Å²) in [4.78, 5) is 25.4. The van der Waals surface area contributed by atoms with Gasteiger partial charge >= 0.3 is 12.1 Å². The molecule has 2 N–H and O–H groups in total. The normalized spacial score (nSPS) is 26.5. The van der Waals surface area contributed by atoms with Crippen molar-refractivity contribution >= 4 is 17.6 Å². The first-order valence-corrected chi connectivity index (χ1v) is 8.34. The Labute approximate surface area is 143 Å². The maximum Gasteiger partial charge on any atom is 0.418 e. The predicted molar refractivity (Wildman–Crippen MR) is 82.9 cm³/mol. The molecule has 25 heavy (non-hydrogen) atoms. The van der Waals surface area contributed by atoms with E-state index in [-0.39, 0.29) is 18.2 Å². The van der Waals surface area contributed by atoms with E-state index >= 15 is 0 Å². The number of hydrogen-bond donors (Lipinski definition) is 2. The number of cyclic esters (lactones) is 1. The Morgan fingerprint density at radius 1 is 1.28 bits per heavy atom. The topological polar surface area (TPSA) is 59.8 Å². The van der Waals surface area contributed by atoms with Crippen molar-refractivity contribution in [3.63, 3.8) is 0 Å². The van der Waals surface area contributed by atoms with Crippen LogP contribution < -0.4 is 10.2 Å². The second kappa shape index (κ2) is 7.03. The third kappa shape index (κ3) is 3.95. The fourth-order valence-corrected chi connectivity index (χ4v) is 3.63. The molecule has 0 saturated carbocycles.